The van der Waals surface area contributed by atoms with E-state index >= 15 is 0 Å². The number of benzene rings is 1. The molecule has 0 aliphatic carbocycles. The molecular weight excluding hydrogens is 324 g/mol. The average Bonchev–Trinajstić information content (AvgIpc) is 3.05. The van der Waals surface area contributed by atoms with Crippen LogP contribution in [0.15, 0.2) is 29.2 Å². The Hall–Kier alpha value is -1.24. The van der Waals surface area contributed by atoms with Crippen LogP contribution in [-0.2, 0) is 10.0 Å². The van der Waals surface area contributed by atoms with E-state index in [2.05, 4.69) is 23.5 Å². The summed E-state index contributed by atoms with van der Waals surface area (Å²) in [4.78, 5) is 14.0. The summed E-state index contributed by atoms with van der Waals surface area (Å²) >= 11 is 0. The average molecular weight is 353 g/mol. The van der Waals surface area contributed by atoms with E-state index in [1.165, 1.54) is 31.9 Å². The number of hydrogen-bond donors (Lipinski definition) is 1. The van der Waals surface area contributed by atoms with Gasteiger partial charge in [0.2, 0.25) is 10.0 Å². The fraction of sp³-hybridized carbons (Fsp3) is 0.611. The summed E-state index contributed by atoms with van der Waals surface area (Å²) < 4.78 is 27.9. The molecule has 0 spiro atoms. The molecule has 2 rings (SSSR count). The molecule has 0 bridgehead atoms. The number of carbonyl (C=O) groups is 1. The first-order valence-electron chi connectivity index (χ1n) is 8.64. The lowest BCUT2D eigenvalue weighted by atomic mass is 10.0. The molecule has 5 nitrogen and oxygen atoms in total. The maximum absolute atomic E-state index is 12.6. The fourth-order valence-corrected chi connectivity index (χ4v) is 4.30. The maximum atomic E-state index is 12.6. The van der Waals surface area contributed by atoms with Crippen LogP contribution in [0.25, 0.3) is 0 Å². The third-order valence-corrected chi connectivity index (χ3v) is 5.88. The number of ketones is 1. The van der Waals surface area contributed by atoms with Gasteiger partial charge in [-0.3, -0.25) is 9.69 Å². The Morgan fingerprint density at radius 1 is 1.25 bits per heavy atom. The van der Waals surface area contributed by atoms with Crippen molar-refractivity contribution in [2.75, 3.05) is 19.6 Å². The molecule has 1 aromatic carbocycles. The number of hydrogen-bond acceptors (Lipinski definition) is 4. The third kappa shape index (κ3) is 5.13. The summed E-state index contributed by atoms with van der Waals surface area (Å²) in [5.41, 5.74) is 0.413. The number of nitrogens with one attached hydrogen (secondary N) is 1. The Balaban J connectivity index is 2.09. The standard InChI is InChI=1S/C18H28N2O3S/c1-14(2)11-17(20-9-4-5-10-20)13-19-24(22,23)18-8-6-7-16(12-18)15(3)21/h6-8,12,14,17,19H,4-5,9-11,13H2,1-3H3. The Bertz CT molecular complexity index is 665. The molecule has 0 saturated carbocycles. The Morgan fingerprint density at radius 2 is 1.92 bits per heavy atom. The van der Waals surface area contributed by atoms with E-state index in [-0.39, 0.29) is 16.7 Å². The van der Waals surface area contributed by atoms with E-state index in [0.29, 0.717) is 18.0 Å². The molecule has 1 heterocycles. The fourth-order valence-electron chi connectivity index (χ4n) is 3.18. The second kappa shape index (κ2) is 8.23. The summed E-state index contributed by atoms with van der Waals surface area (Å²) in [6, 6.07) is 6.43. The van der Waals surface area contributed by atoms with Gasteiger partial charge < -0.3 is 0 Å². The molecule has 1 aliphatic heterocycles. The zero-order chi connectivity index (χ0) is 17.7. The number of likely N-dealkylation sites (tertiary alicyclic amines) is 1. The monoisotopic (exact) mass is 352 g/mol. The molecule has 1 N–H and O–H groups in total. The van der Waals surface area contributed by atoms with E-state index < -0.39 is 10.0 Å². The predicted molar refractivity (Wildman–Crippen MR) is 95.7 cm³/mol. The number of carbonyl (C=O) groups excluding carboxylic acids is 1. The lowest BCUT2D eigenvalue weighted by Gasteiger charge is -2.29. The summed E-state index contributed by atoms with van der Waals surface area (Å²) in [6.07, 6.45) is 3.33. The molecule has 0 radical (unpaired) electrons. The van der Waals surface area contributed by atoms with E-state index in [1.807, 2.05) is 0 Å². The van der Waals surface area contributed by atoms with Crippen molar-refractivity contribution in [2.24, 2.45) is 5.92 Å². The highest BCUT2D eigenvalue weighted by Crippen LogP contribution is 2.18. The molecule has 6 heteroatoms. The number of rotatable bonds is 8. The first kappa shape index (κ1) is 19.1. The van der Waals surface area contributed by atoms with Gasteiger partial charge >= 0.3 is 0 Å². The Kier molecular flexibility index (Phi) is 6.54. The zero-order valence-electron chi connectivity index (χ0n) is 14.8. The first-order chi connectivity index (χ1) is 11.3. The smallest absolute Gasteiger partial charge is 0.240 e. The minimum atomic E-state index is -3.61. The molecule has 1 atom stereocenters. The largest absolute Gasteiger partial charge is 0.299 e. The van der Waals surface area contributed by atoms with Gasteiger partial charge in [0, 0.05) is 18.2 Å². The molecule has 1 saturated heterocycles. The lowest BCUT2D eigenvalue weighted by molar-refractivity contribution is 0.101. The summed E-state index contributed by atoms with van der Waals surface area (Å²) in [6.45, 7) is 8.25. The third-order valence-electron chi connectivity index (χ3n) is 4.46. The van der Waals surface area contributed by atoms with E-state index in [9.17, 15) is 13.2 Å². The summed E-state index contributed by atoms with van der Waals surface area (Å²) in [7, 11) is -3.61. The van der Waals surface area contributed by atoms with Crippen LogP contribution in [0, 0.1) is 5.92 Å². The quantitative estimate of drug-likeness (QED) is 0.731. The minimum absolute atomic E-state index is 0.137. The predicted octanol–water partition coefficient (Wildman–Crippen LogP) is 2.68. The molecule has 24 heavy (non-hydrogen) atoms. The normalized spacial score (nSPS) is 17.3. The van der Waals surface area contributed by atoms with Gasteiger partial charge in [-0.2, -0.15) is 0 Å². The van der Waals surface area contributed by atoms with Crippen molar-refractivity contribution in [2.45, 2.75) is 51.0 Å². The summed E-state index contributed by atoms with van der Waals surface area (Å²) in [5, 5.41) is 0. The van der Waals surface area contributed by atoms with Crippen molar-refractivity contribution < 1.29 is 13.2 Å². The Labute approximate surface area is 145 Å². The van der Waals surface area contributed by atoms with Gasteiger partial charge in [0.25, 0.3) is 0 Å². The van der Waals surface area contributed by atoms with Crippen LogP contribution < -0.4 is 4.72 Å². The highest BCUT2D eigenvalue weighted by atomic mass is 32.2. The molecule has 1 unspecified atom stereocenters. The van der Waals surface area contributed by atoms with Crippen molar-refractivity contribution in [3.63, 3.8) is 0 Å². The Morgan fingerprint density at radius 3 is 2.50 bits per heavy atom. The van der Waals surface area contributed by atoms with Gasteiger partial charge in [-0.05, 0) is 57.3 Å². The van der Waals surface area contributed by atoms with Crippen molar-refractivity contribution in [3.8, 4) is 0 Å². The highest BCUT2D eigenvalue weighted by molar-refractivity contribution is 7.89. The number of Topliss-reactive ketones (excluding diaryl/α,β-unsaturated/α-hetero) is 1. The van der Waals surface area contributed by atoms with Crippen molar-refractivity contribution >= 4 is 15.8 Å². The van der Waals surface area contributed by atoms with Crippen LogP contribution in [0.4, 0.5) is 0 Å². The number of nitrogens with zero attached hydrogens (tertiary/aromatic N) is 1. The van der Waals surface area contributed by atoms with Gasteiger partial charge in [0.15, 0.2) is 5.78 Å². The van der Waals surface area contributed by atoms with Crippen molar-refractivity contribution in [3.05, 3.63) is 29.8 Å². The topological polar surface area (TPSA) is 66.5 Å². The van der Waals surface area contributed by atoms with Crippen LogP contribution in [-0.4, -0.2) is 44.8 Å². The molecular formula is C18H28N2O3S. The molecule has 0 aromatic heterocycles. The van der Waals surface area contributed by atoms with Crippen LogP contribution in [0.3, 0.4) is 0 Å². The van der Waals surface area contributed by atoms with Crippen LogP contribution in [0.5, 0.6) is 0 Å². The van der Waals surface area contributed by atoms with Gasteiger partial charge in [-0.1, -0.05) is 26.0 Å². The highest BCUT2D eigenvalue weighted by Gasteiger charge is 2.25. The first-order valence-corrected chi connectivity index (χ1v) is 10.1. The lowest BCUT2D eigenvalue weighted by Crippen LogP contribution is -2.43. The van der Waals surface area contributed by atoms with Crippen LogP contribution in [0.1, 0.15) is 50.4 Å². The van der Waals surface area contributed by atoms with Gasteiger partial charge in [-0.25, -0.2) is 13.1 Å². The number of sulfonamides is 1. The molecule has 1 aliphatic rings. The van der Waals surface area contributed by atoms with E-state index in [4.69, 9.17) is 0 Å². The van der Waals surface area contributed by atoms with Crippen molar-refractivity contribution in [1.29, 1.82) is 0 Å². The maximum Gasteiger partial charge on any atom is 0.240 e. The molecule has 1 fully saturated rings. The second-order valence-electron chi connectivity index (χ2n) is 6.96. The van der Waals surface area contributed by atoms with Crippen molar-refractivity contribution in [1.82, 2.24) is 9.62 Å². The SMILES string of the molecule is CC(=O)c1cccc(S(=O)(=O)NCC(CC(C)C)N2CCCC2)c1. The minimum Gasteiger partial charge on any atom is -0.299 e. The van der Waals surface area contributed by atoms with Crippen LogP contribution in [0.2, 0.25) is 0 Å². The van der Waals surface area contributed by atoms with Gasteiger partial charge in [0.1, 0.15) is 0 Å². The molecule has 0 amide bonds. The molecule has 1 aromatic rings. The second-order valence-corrected chi connectivity index (χ2v) is 8.73. The van der Waals surface area contributed by atoms with Crippen LogP contribution >= 0.6 is 0 Å². The van der Waals surface area contributed by atoms with E-state index in [1.54, 1.807) is 12.1 Å². The van der Waals surface area contributed by atoms with E-state index in [0.717, 1.165) is 19.5 Å². The zero-order valence-corrected chi connectivity index (χ0v) is 15.6. The van der Waals surface area contributed by atoms with Gasteiger partial charge in [0.05, 0.1) is 4.90 Å². The summed E-state index contributed by atoms with van der Waals surface area (Å²) in [5.74, 6) is 0.378. The van der Waals surface area contributed by atoms with Gasteiger partial charge in [-0.15, -0.1) is 0 Å². The molecule has 134 valence electrons.